The molecule has 2 aromatic heterocycles. The van der Waals surface area contributed by atoms with Gasteiger partial charge in [0.2, 0.25) is 5.91 Å². The quantitative estimate of drug-likeness (QED) is 0.625. The van der Waals surface area contributed by atoms with Gasteiger partial charge in [-0.1, -0.05) is 0 Å². The number of methoxy groups -OCH3 is 1. The predicted octanol–water partition coefficient (Wildman–Crippen LogP) is 2.38. The molecule has 3 N–H and O–H groups in total. The maximum Gasteiger partial charge on any atom is 0.270 e. The maximum atomic E-state index is 12.9. The molecule has 1 amide bonds. The van der Waals surface area contributed by atoms with E-state index in [2.05, 4.69) is 15.4 Å². The van der Waals surface area contributed by atoms with Crippen molar-refractivity contribution in [2.45, 2.75) is 25.1 Å². The highest BCUT2D eigenvalue weighted by Gasteiger charge is 2.32. The molecule has 0 bridgehead atoms. The number of carbonyl (C=O) groups excluding carboxylic acids is 1. The maximum absolute atomic E-state index is 12.9. The second-order valence-electron chi connectivity index (χ2n) is 6.91. The van der Waals surface area contributed by atoms with E-state index in [0.29, 0.717) is 28.2 Å². The number of hydrogen-bond acceptors (Lipinski definition) is 5. The molecule has 9 heteroatoms. The molecule has 4 rings (SSSR count). The van der Waals surface area contributed by atoms with Crippen LogP contribution in [-0.4, -0.2) is 33.5 Å². The first-order chi connectivity index (χ1) is 13.4. The summed E-state index contributed by atoms with van der Waals surface area (Å²) < 4.78 is 6.84. The van der Waals surface area contributed by atoms with Crippen LogP contribution < -0.4 is 21.2 Å². The summed E-state index contributed by atoms with van der Waals surface area (Å²) >= 11 is 1.27. The summed E-state index contributed by atoms with van der Waals surface area (Å²) in [6.45, 7) is 3.82. The molecule has 0 radical (unpaired) electrons. The van der Waals surface area contributed by atoms with Gasteiger partial charge in [-0.2, -0.15) is 0 Å². The van der Waals surface area contributed by atoms with E-state index in [1.807, 2.05) is 26.0 Å². The number of amides is 1. The number of H-pyrrole nitrogens is 2. The van der Waals surface area contributed by atoms with Gasteiger partial charge in [-0.3, -0.25) is 24.2 Å². The topological polar surface area (TPSA) is 109 Å². The minimum absolute atomic E-state index is 0.0529. The first kappa shape index (κ1) is 18.4. The van der Waals surface area contributed by atoms with Crippen molar-refractivity contribution in [2.24, 2.45) is 0 Å². The summed E-state index contributed by atoms with van der Waals surface area (Å²) in [6.07, 6.45) is 0. The number of thioether (sulfide) groups is 1. The number of anilines is 1. The molecule has 0 saturated heterocycles. The van der Waals surface area contributed by atoms with Crippen LogP contribution in [0, 0.1) is 0 Å². The van der Waals surface area contributed by atoms with Gasteiger partial charge in [0.1, 0.15) is 11.6 Å². The lowest BCUT2D eigenvalue weighted by Gasteiger charge is -2.15. The first-order valence-corrected chi connectivity index (χ1v) is 9.90. The van der Waals surface area contributed by atoms with Gasteiger partial charge in [-0.15, -0.1) is 11.8 Å². The van der Waals surface area contributed by atoms with Crippen LogP contribution >= 0.6 is 11.8 Å². The van der Waals surface area contributed by atoms with Gasteiger partial charge in [0.05, 0.1) is 29.2 Å². The van der Waals surface area contributed by atoms with Crippen molar-refractivity contribution >= 4 is 34.4 Å². The standard InChI is InChI=1S/C19H20N4O4S/c1-9(2)23-17-15(19(26)22-23)16(28-8-14(24)21-17)12-6-10-4-5-11(27-3)7-13(10)20-18(12)25/h4-7,9,16H,8H2,1-3H3,(H,20,25)(H,21,24)(H,22,26)/t16-/m1/s1. The zero-order valence-electron chi connectivity index (χ0n) is 15.7. The Balaban J connectivity index is 1.92. The Labute approximate surface area is 164 Å². The number of aromatic nitrogens is 3. The van der Waals surface area contributed by atoms with Crippen LogP contribution in [0.1, 0.15) is 36.3 Å². The van der Waals surface area contributed by atoms with Crippen molar-refractivity contribution in [1.29, 1.82) is 0 Å². The normalized spacial score (nSPS) is 16.7. The first-order valence-electron chi connectivity index (χ1n) is 8.86. The van der Waals surface area contributed by atoms with Crippen molar-refractivity contribution in [2.75, 3.05) is 18.2 Å². The average molecular weight is 400 g/mol. The molecule has 1 aromatic carbocycles. The average Bonchev–Trinajstić information content (AvgIpc) is 2.87. The van der Waals surface area contributed by atoms with Crippen molar-refractivity contribution < 1.29 is 9.53 Å². The number of rotatable bonds is 3. The Hall–Kier alpha value is -2.94. The molecular weight excluding hydrogens is 380 g/mol. The molecule has 28 heavy (non-hydrogen) atoms. The fraction of sp³-hybridized carbons (Fsp3) is 0.316. The Morgan fingerprint density at radius 1 is 1.18 bits per heavy atom. The second kappa shape index (κ2) is 6.90. The Kier molecular flexibility index (Phi) is 4.54. The van der Waals surface area contributed by atoms with Crippen molar-refractivity contribution in [3.05, 3.63) is 56.1 Å². The van der Waals surface area contributed by atoms with E-state index in [4.69, 9.17) is 4.74 Å². The molecular formula is C19H20N4O4S. The van der Waals surface area contributed by atoms with E-state index in [9.17, 15) is 14.4 Å². The number of ether oxygens (including phenoxy) is 1. The third-order valence-corrected chi connectivity index (χ3v) is 6.00. The fourth-order valence-corrected chi connectivity index (χ4v) is 4.53. The summed E-state index contributed by atoms with van der Waals surface area (Å²) in [5.74, 6) is 1.01. The van der Waals surface area contributed by atoms with Crippen molar-refractivity contribution in [3.63, 3.8) is 0 Å². The zero-order valence-corrected chi connectivity index (χ0v) is 16.5. The third kappa shape index (κ3) is 3.01. The highest BCUT2D eigenvalue weighted by molar-refractivity contribution is 8.00. The van der Waals surface area contributed by atoms with E-state index in [1.54, 1.807) is 23.9 Å². The zero-order chi connectivity index (χ0) is 20.0. The van der Waals surface area contributed by atoms with Crippen LogP contribution in [0.5, 0.6) is 5.75 Å². The molecule has 0 spiro atoms. The highest BCUT2D eigenvalue weighted by atomic mass is 32.2. The van der Waals surface area contributed by atoms with Gasteiger partial charge in [-0.05, 0) is 37.4 Å². The van der Waals surface area contributed by atoms with Gasteiger partial charge >= 0.3 is 0 Å². The van der Waals surface area contributed by atoms with Gasteiger partial charge < -0.3 is 15.0 Å². The monoisotopic (exact) mass is 400 g/mol. The van der Waals surface area contributed by atoms with E-state index in [0.717, 1.165) is 5.39 Å². The smallest absolute Gasteiger partial charge is 0.270 e. The van der Waals surface area contributed by atoms with E-state index < -0.39 is 5.25 Å². The number of fused-ring (bicyclic) bond motifs is 2. The summed E-state index contributed by atoms with van der Waals surface area (Å²) in [5, 5.41) is 5.84. The van der Waals surface area contributed by atoms with Crippen LogP contribution in [-0.2, 0) is 4.79 Å². The van der Waals surface area contributed by atoms with Gasteiger partial charge in [-0.25, -0.2) is 0 Å². The molecule has 1 atom stereocenters. The minimum Gasteiger partial charge on any atom is -0.497 e. The molecule has 0 saturated carbocycles. The predicted molar refractivity (Wildman–Crippen MR) is 109 cm³/mol. The van der Waals surface area contributed by atoms with E-state index >= 15 is 0 Å². The Morgan fingerprint density at radius 3 is 2.68 bits per heavy atom. The van der Waals surface area contributed by atoms with Crippen LogP contribution in [0.2, 0.25) is 0 Å². The van der Waals surface area contributed by atoms with Gasteiger partial charge in [0.15, 0.2) is 0 Å². The highest BCUT2D eigenvalue weighted by Crippen LogP contribution is 2.39. The van der Waals surface area contributed by atoms with Crippen LogP contribution in [0.4, 0.5) is 5.82 Å². The molecule has 3 aromatic rings. The van der Waals surface area contributed by atoms with Crippen LogP contribution in [0.25, 0.3) is 10.9 Å². The minimum atomic E-state index is -0.562. The SMILES string of the molecule is COc1ccc2cc([C@H]3SCC(=O)Nc4c3c(=O)[nH]n4C(C)C)c(=O)[nH]c2c1. The number of nitrogens with zero attached hydrogens (tertiary/aromatic N) is 1. The number of nitrogens with one attached hydrogen (secondary N) is 3. The van der Waals surface area contributed by atoms with Crippen molar-refractivity contribution in [1.82, 2.24) is 14.8 Å². The van der Waals surface area contributed by atoms with E-state index in [1.165, 1.54) is 11.8 Å². The Bertz CT molecular complexity index is 1190. The molecule has 0 unspecified atom stereocenters. The number of aromatic amines is 2. The van der Waals surface area contributed by atoms with Gasteiger partial charge in [0, 0.05) is 17.7 Å². The molecule has 0 aliphatic carbocycles. The molecule has 0 fully saturated rings. The summed E-state index contributed by atoms with van der Waals surface area (Å²) in [7, 11) is 1.56. The molecule has 1 aliphatic heterocycles. The molecule has 8 nitrogen and oxygen atoms in total. The summed E-state index contributed by atoms with van der Waals surface area (Å²) in [4.78, 5) is 40.7. The summed E-state index contributed by atoms with van der Waals surface area (Å²) in [5.41, 5.74) is 0.873. The molecule has 146 valence electrons. The Morgan fingerprint density at radius 2 is 1.96 bits per heavy atom. The second-order valence-corrected chi connectivity index (χ2v) is 8.01. The number of hydrogen-bond donors (Lipinski definition) is 3. The molecule has 3 heterocycles. The van der Waals surface area contributed by atoms with E-state index in [-0.39, 0.29) is 28.8 Å². The van der Waals surface area contributed by atoms with Crippen molar-refractivity contribution in [3.8, 4) is 5.75 Å². The third-order valence-electron chi connectivity index (χ3n) is 4.74. The van der Waals surface area contributed by atoms with Crippen LogP contribution in [0.3, 0.4) is 0 Å². The molecule has 1 aliphatic rings. The lowest BCUT2D eigenvalue weighted by atomic mass is 10.1. The lowest BCUT2D eigenvalue weighted by molar-refractivity contribution is -0.113. The number of benzene rings is 1. The van der Waals surface area contributed by atoms with Crippen LogP contribution in [0.15, 0.2) is 33.9 Å². The lowest BCUT2D eigenvalue weighted by Crippen LogP contribution is -2.19. The number of pyridine rings is 1. The fourth-order valence-electron chi connectivity index (χ4n) is 3.40. The summed E-state index contributed by atoms with van der Waals surface area (Å²) in [6, 6.07) is 7.13. The largest absolute Gasteiger partial charge is 0.497 e. The number of carbonyl (C=O) groups is 1. The van der Waals surface area contributed by atoms with Gasteiger partial charge in [0.25, 0.3) is 11.1 Å².